The van der Waals surface area contributed by atoms with Crippen molar-refractivity contribution in [1.29, 1.82) is 0 Å². The molecule has 1 aromatic heterocycles. The summed E-state index contributed by atoms with van der Waals surface area (Å²) >= 11 is 5.53. The van der Waals surface area contributed by atoms with E-state index >= 15 is 0 Å². The molecule has 0 bridgehead atoms. The second kappa shape index (κ2) is 5.60. The Morgan fingerprint density at radius 1 is 1.54 bits per heavy atom. The molecule has 70 valence electrons. The van der Waals surface area contributed by atoms with Crippen LogP contribution in [0.4, 0.5) is 0 Å². The third-order valence-corrected chi connectivity index (χ3v) is 1.77. The van der Waals surface area contributed by atoms with Crippen LogP contribution < -0.4 is 4.74 Å². The summed E-state index contributed by atoms with van der Waals surface area (Å²) < 4.78 is 5.04. The van der Waals surface area contributed by atoms with Crippen molar-refractivity contribution in [2.24, 2.45) is 0 Å². The molecule has 0 radical (unpaired) electrons. The van der Waals surface area contributed by atoms with E-state index < -0.39 is 0 Å². The zero-order valence-electron chi connectivity index (χ0n) is 7.53. The van der Waals surface area contributed by atoms with Crippen LogP contribution in [-0.4, -0.2) is 18.0 Å². The molecule has 0 saturated carbocycles. The first-order valence-electron chi connectivity index (χ1n) is 4.08. The Labute approximate surface area is 83.2 Å². The van der Waals surface area contributed by atoms with Crippen molar-refractivity contribution in [3.8, 4) is 5.75 Å². The first-order valence-corrected chi connectivity index (χ1v) is 4.62. The van der Waals surface area contributed by atoms with Gasteiger partial charge in [0, 0.05) is 12.1 Å². The van der Waals surface area contributed by atoms with Crippen LogP contribution in [0.5, 0.6) is 5.75 Å². The maximum Gasteiger partial charge on any atom is 0.137 e. The topological polar surface area (TPSA) is 22.1 Å². The Morgan fingerprint density at radius 2 is 2.38 bits per heavy atom. The number of methoxy groups -OCH3 is 1. The maximum atomic E-state index is 5.53. The van der Waals surface area contributed by atoms with Crippen LogP contribution in [0.2, 0.25) is 0 Å². The van der Waals surface area contributed by atoms with Gasteiger partial charge in [-0.2, -0.15) is 0 Å². The molecule has 0 saturated heterocycles. The Bertz CT molecular complexity index is 286. The minimum absolute atomic E-state index is 0.647. The van der Waals surface area contributed by atoms with E-state index in [0.29, 0.717) is 5.88 Å². The standard InChI is InChI=1S/C10H12ClNO/c1-13-10-6-9(7-12-8-10)4-2-3-5-11/h2,4,6-8H,3,5H2,1H3. The second-order valence-corrected chi connectivity index (χ2v) is 2.92. The smallest absolute Gasteiger partial charge is 0.137 e. The summed E-state index contributed by atoms with van der Waals surface area (Å²) in [6.07, 6.45) is 8.34. The molecule has 1 rings (SSSR count). The van der Waals surface area contributed by atoms with Crippen molar-refractivity contribution in [1.82, 2.24) is 4.98 Å². The summed E-state index contributed by atoms with van der Waals surface area (Å²) in [6.45, 7) is 0. The molecular formula is C10H12ClNO. The average Bonchev–Trinajstić information content (AvgIpc) is 2.19. The van der Waals surface area contributed by atoms with Gasteiger partial charge >= 0.3 is 0 Å². The third kappa shape index (κ3) is 3.47. The molecule has 1 heterocycles. The van der Waals surface area contributed by atoms with E-state index in [1.165, 1.54) is 0 Å². The molecule has 0 unspecified atom stereocenters. The van der Waals surface area contributed by atoms with E-state index in [2.05, 4.69) is 4.98 Å². The number of rotatable bonds is 4. The molecule has 0 fully saturated rings. The van der Waals surface area contributed by atoms with Crippen LogP contribution in [-0.2, 0) is 0 Å². The highest BCUT2D eigenvalue weighted by molar-refractivity contribution is 6.17. The first-order chi connectivity index (χ1) is 6.36. The van der Waals surface area contributed by atoms with E-state index in [1.807, 2.05) is 18.2 Å². The highest BCUT2D eigenvalue weighted by Gasteiger charge is 1.91. The van der Waals surface area contributed by atoms with Crippen molar-refractivity contribution in [3.63, 3.8) is 0 Å². The highest BCUT2D eigenvalue weighted by Crippen LogP contribution is 2.11. The van der Waals surface area contributed by atoms with Crippen LogP contribution in [0.1, 0.15) is 12.0 Å². The SMILES string of the molecule is COc1cncc(C=CCCCl)c1. The quantitative estimate of drug-likeness (QED) is 0.693. The monoisotopic (exact) mass is 197 g/mol. The van der Waals surface area contributed by atoms with Gasteiger partial charge in [-0.15, -0.1) is 11.6 Å². The first kappa shape index (κ1) is 10.1. The summed E-state index contributed by atoms with van der Waals surface area (Å²) in [5.41, 5.74) is 1.03. The van der Waals surface area contributed by atoms with Gasteiger partial charge in [0.1, 0.15) is 5.75 Å². The lowest BCUT2D eigenvalue weighted by molar-refractivity contribution is 0.413. The van der Waals surface area contributed by atoms with Gasteiger partial charge in [0.2, 0.25) is 0 Å². The molecule has 13 heavy (non-hydrogen) atoms. The molecule has 1 aromatic rings. The fraction of sp³-hybridized carbons (Fsp3) is 0.300. The number of halogens is 1. The minimum atomic E-state index is 0.647. The maximum absolute atomic E-state index is 5.53. The summed E-state index contributed by atoms with van der Waals surface area (Å²) in [5.74, 6) is 1.42. The van der Waals surface area contributed by atoms with Crippen LogP contribution in [0.25, 0.3) is 6.08 Å². The fourth-order valence-corrected chi connectivity index (χ4v) is 1.05. The molecule has 0 atom stereocenters. The van der Waals surface area contributed by atoms with Gasteiger partial charge in [-0.1, -0.05) is 12.2 Å². The second-order valence-electron chi connectivity index (χ2n) is 2.54. The molecule has 0 amide bonds. The lowest BCUT2D eigenvalue weighted by atomic mass is 10.2. The third-order valence-electron chi connectivity index (χ3n) is 1.56. The van der Waals surface area contributed by atoms with Crippen molar-refractivity contribution < 1.29 is 4.74 Å². The van der Waals surface area contributed by atoms with Gasteiger partial charge in [0.05, 0.1) is 13.3 Å². The number of alkyl halides is 1. The molecule has 0 aliphatic rings. The van der Waals surface area contributed by atoms with E-state index in [0.717, 1.165) is 17.7 Å². The zero-order valence-corrected chi connectivity index (χ0v) is 8.29. The molecule has 0 N–H and O–H groups in total. The van der Waals surface area contributed by atoms with Crippen molar-refractivity contribution >= 4 is 17.7 Å². The largest absolute Gasteiger partial charge is 0.495 e. The average molecular weight is 198 g/mol. The summed E-state index contributed by atoms with van der Waals surface area (Å²) in [7, 11) is 1.63. The Kier molecular flexibility index (Phi) is 4.33. The normalized spacial score (nSPS) is 10.6. The van der Waals surface area contributed by atoms with Gasteiger partial charge in [0.25, 0.3) is 0 Å². The zero-order chi connectivity index (χ0) is 9.52. The molecular weight excluding hydrogens is 186 g/mol. The van der Waals surface area contributed by atoms with E-state index in [9.17, 15) is 0 Å². The molecule has 0 aromatic carbocycles. The lowest BCUT2D eigenvalue weighted by Gasteiger charge is -1.98. The summed E-state index contributed by atoms with van der Waals surface area (Å²) in [6, 6.07) is 1.93. The van der Waals surface area contributed by atoms with Gasteiger partial charge in [-0.25, -0.2) is 0 Å². The number of hydrogen-bond acceptors (Lipinski definition) is 2. The molecule has 0 aliphatic heterocycles. The number of ether oxygens (including phenoxy) is 1. The van der Waals surface area contributed by atoms with Gasteiger partial charge in [-0.3, -0.25) is 4.98 Å². The van der Waals surface area contributed by atoms with E-state index in [4.69, 9.17) is 16.3 Å². The summed E-state index contributed by atoms with van der Waals surface area (Å²) in [4.78, 5) is 4.02. The predicted octanol–water partition coefficient (Wildman–Crippen LogP) is 2.73. The van der Waals surface area contributed by atoms with Crippen LogP contribution in [0.15, 0.2) is 24.5 Å². The Balaban J connectivity index is 2.66. The highest BCUT2D eigenvalue weighted by atomic mass is 35.5. The molecule has 3 heteroatoms. The number of pyridine rings is 1. The summed E-state index contributed by atoms with van der Waals surface area (Å²) in [5, 5.41) is 0. The minimum Gasteiger partial charge on any atom is -0.495 e. The molecule has 0 aliphatic carbocycles. The van der Waals surface area contributed by atoms with Crippen LogP contribution >= 0.6 is 11.6 Å². The number of nitrogens with zero attached hydrogens (tertiary/aromatic N) is 1. The number of hydrogen-bond donors (Lipinski definition) is 0. The fourth-order valence-electron chi connectivity index (χ4n) is 0.921. The van der Waals surface area contributed by atoms with Gasteiger partial charge in [0.15, 0.2) is 0 Å². The van der Waals surface area contributed by atoms with E-state index in [1.54, 1.807) is 19.5 Å². The number of aromatic nitrogens is 1. The van der Waals surface area contributed by atoms with Gasteiger partial charge < -0.3 is 4.74 Å². The lowest BCUT2D eigenvalue weighted by Crippen LogP contribution is -1.84. The van der Waals surface area contributed by atoms with Crippen molar-refractivity contribution in [2.45, 2.75) is 6.42 Å². The molecule has 2 nitrogen and oxygen atoms in total. The van der Waals surface area contributed by atoms with Crippen molar-refractivity contribution in [3.05, 3.63) is 30.1 Å². The Morgan fingerprint density at radius 3 is 3.08 bits per heavy atom. The molecule has 0 spiro atoms. The Hall–Kier alpha value is -1.02. The predicted molar refractivity (Wildman–Crippen MR) is 55.2 cm³/mol. The van der Waals surface area contributed by atoms with E-state index in [-0.39, 0.29) is 0 Å². The van der Waals surface area contributed by atoms with Gasteiger partial charge in [-0.05, 0) is 18.1 Å². The number of allylic oxidation sites excluding steroid dienone is 1. The van der Waals surface area contributed by atoms with Crippen LogP contribution in [0.3, 0.4) is 0 Å². The van der Waals surface area contributed by atoms with Crippen molar-refractivity contribution in [2.75, 3.05) is 13.0 Å². The van der Waals surface area contributed by atoms with Crippen LogP contribution in [0, 0.1) is 0 Å².